The zero-order valence-electron chi connectivity index (χ0n) is 53.7. The van der Waals surface area contributed by atoms with Gasteiger partial charge in [0, 0.05) is 100 Å². The SMILES string of the molecule is CC1CN(CC(=O)N2CC(C)(C(=O)Nc3ccc(NC(=O)c4ccc(F)c(NC(=O)[C@@H]5c6ccccc6CN5C(=O)[C@@H](NC(=O)[C@H](C)N(C)C(=O)OC(C)(C)C)C5CCOCC5)c4)cc3)c3ccc(Cc4ccc(F)cc4)cc32)C(CN2CCOC[C@H]2C)CN1C(=O)O. The van der Waals surface area contributed by atoms with Crippen LogP contribution in [0.4, 0.5) is 41.1 Å². The Balaban J connectivity index is 0.824. The maximum absolute atomic E-state index is 15.8. The largest absolute Gasteiger partial charge is 0.465 e. The molecule has 494 valence electrons. The molecule has 3 fully saturated rings. The fourth-order valence-electron chi connectivity index (χ4n) is 12.9. The van der Waals surface area contributed by atoms with Crippen molar-refractivity contribution in [3.63, 3.8) is 0 Å². The number of carbonyl (C=O) groups excluding carboxylic acids is 7. The smallest absolute Gasteiger partial charge is 0.410 e. The van der Waals surface area contributed by atoms with Crippen LogP contribution >= 0.6 is 0 Å². The van der Waals surface area contributed by atoms with Crippen LogP contribution in [0.5, 0.6) is 0 Å². The number of ether oxygens (including phenoxy) is 3. The van der Waals surface area contributed by atoms with Gasteiger partial charge in [-0.25, -0.2) is 18.4 Å². The van der Waals surface area contributed by atoms with Gasteiger partial charge in [-0.05, 0) is 162 Å². The summed E-state index contributed by atoms with van der Waals surface area (Å²) in [5.74, 6) is -4.92. The minimum absolute atomic E-state index is 0.00770. The van der Waals surface area contributed by atoms with Gasteiger partial charge in [-0.2, -0.15) is 0 Å². The number of carboxylic acid groups (broad SMARTS) is 1. The number of anilines is 4. The number of likely N-dealkylation sites (N-methyl/N-ethyl adjacent to an activating group) is 1. The Labute approximate surface area is 539 Å². The second kappa shape index (κ2) is 28.2. The van der Waals surface area contributed by atoms with Crippen molar-refractivity contribution in [3.8, 4) is 0 Å². The zero-order chi connectivity index (χ0) is 66.6. The van der Waals surface area contributed by atoms with Crippen LogP contribution in [0.2, 0.25) is 0 Å². The lowest BCUT2D eigenvalue weighted by molar-refractivity contribution is -0.144. The molecule has 5 heterocycles. The number of morpholine rings is 1. The quantitative estimate of drug-likeness (QED) is 0.0592. The predicted molar refractivity (Wildman–Crippen MR) is 343 cm³/mol. The summed E-state index contributed by atoms with van der Waals surface area (Å²) >= 11 is 0. The monoisotopic (exact) mass is 1280 g/mol. The first-order valence-electron chi connectivity index (χ1n) is 31.5. The highest BCUT2D eigenvalue weighted by atomic mass is 19.1. The van der Waals surface area contributed by atoms with Gasteiger partial charge in [-0.15, -0.1) is 0 Å². The highest BCUT2D eigenvalue weighted by Crippen LogP contribution is 2.43. The van der Waals surface area contributed by atoms with Crippen LogP contribution < -0.4 is 26.2 Å². The average molecular weight is 1280 g/mol. The first-order chi connectivity index (χ1) is 44.2. The molecule has 0 radical (unpaired) electrons. The Morgan fingerprint density at radius 2 is 1.47 bits per heavy atom. The summed E-state index contributed by atoms with van der Waals surface area (Å²) in [4.78, 5) is 122. The molecule has 0 aromatic heterocycles. The molecule has 0 saturated carbocycles. The van der Waals surface area contributed by atoms with Gasteiger partial charge in [0.1, 0.15) is 35.4 Å². The third-order valence-electron chi connectivity index (χ3n) is 18.4. The molecule has 22 nitrogen and oxygen atoms in total. The molecule has 5 aromatic rings. The normalized spacial score (nSPS) is 21.6. The summed E-state index contributed by atoms with van der Waals surface area (Å²) in [5.41, 5.74) is 2.20. The van der Waals surface area contributed by atoms with E-state index in [-0.39, 0.29) is 61.2 Å². The predicted octanol–water partition coefficient (Wildman–Crippen LogP) is 8.01. The number of rotatable bonds is 17. The van der Waals surface area contributed by atoms with E-state index in [1.807, 2.05) is 30.0 Å². The number of hydrogen-bond acceptors (Lipinski definition) is 13. The number of amides is 8. The standard InChI is InChI=1S/C69H82F2N10O12/c1-41-34-78(52(37-79(41)66(88)89)36-77-27-30-92-39-42(77)2)38-58(82)81-40-69(7,54-23-15-45(32-57(54)81)31-44-13-17-49(70)18-14-44)65(87)73-51-21-19-50(20-22-51)72-62(84)47-16-24-55(71)56(33-47)74-63(85)60-53-12-10-9-11-48(53)35-80(60)64(86)59(46-25-28-91-29-26-46)75-61(83)43(3)76(8)67(90)93-68(4,5)6/h9-24,32-33,41-43,46,52,59-60H,25-31,34-40H2,1-8H3,(H,72,84)(H,73,87)(H,74,85)(H,75,83)(H,88,89)/t41?,42-,43+,52?,59+,60+,69?/m1/s1. The molecule has 10 rings (SSSR count). The van der Waals surface area contributed by atoms with Gasteiger partial charge in [0.25, 0.3) is 11.8 Å². The third kappa shape index (κ3) is 15.3. The van der Waals surface area contributed by atoms with E-state index < -0.39 is 88.6 Å². The molecule has 3 saturated heterocycles. The van der Waals surface area contributed by atoms with Gasteiger partial charge in [0.2, 0.25) is 23.6 Å². The molecule has 8 amide bonds. The summed E-state index contributed by atoms with van der Waals surface area (Å²) in [5, 5.41) is 21.5. The van der Waals surface area contributed by atoms with Crippen LogP contribution in [-0.4, -0.2) is 186 Å². The second-order valence-electron chi connectivity index (χ2n) is 26.2. The lowest BCUT2D eigenvalue weighted by Gasteiger charge is -2.47. The van der Waals surface area contributed by atoms with E-state index in [1.165, 1.54) is 48.0 Å². The van der Waals surface area contributed by atoms with Crippen molar-refractivity contribution in [1.29, 1.82) is 0 Å². The van der Waals surface area contributed by atoms with Gasteiger partial charge < -0.3 is 55.3 Å². The summed E-state index contributed by atoms with van der Waals surface area (Å²) in [7, 11) is 1.43. The molecular formula is C69H82F2N10O12. The van der Waals surface area contributed by atoms with Crippen molar-refractivity contribution < 1.29 is 66.5 Å². The van der Waals surface area contributed by atoms with Crippen molar-refractivity contribution in [2.45, 2.75) is 122 Å². The van der Waals surface area contributed by atoms with E-state index >= 15 is 4.39 Å². The van der Waals surface area contributed by atoms with Crippen LogP contribution in [0.3, 0.4) is 0 Å². The fourth-order valence-corrected chi connectivity index (χ4v) is 12.9. The Morgan fingerprint density at radius 1 is 0.785 bits per heavy atom. The first-order valence-corrected chi connectivity index (χ1v) is 31.5. The molecular weight excluding hydrogens is 1200 g/mol. The first kappa shape index (κ1) is 67.1. The number of carbonyl (C=O) groups is 8. The highest BCUT2D eigenvalue weighted by molar-refractivity contribution is 6.08. The molecule has 0 spiro atoms. The number of fused-ring (bicyclic) bond motifs is 2. The van der Waals surface area contributed by atoms with Gasteiger partial charge in [-0.3, -0.25) is 43.5 Å². The lowest BCUT2D eigenvalue weighted by Crippen LogP contribution is -2.64. The summed E-state index contributed by atoms with van der Waals surface area (Å²) in [6, 6.07) is 24.5. The van der Waals surface area contributed by atoms with E-state index in [2.05, 4.69) is 33.1 Å². The van der Waals surface area contributed by atoms with E-state index in [1.54, 1.807) is 93.3 Å². The van der Waals surface area contributed by atoms with E-state index in [0.29, 0.717) is 99.1 Å². The minimum Gasteiger partial charge on any atom is -0.465 e. The molecule has 5 aliphatic heterocycles. The summed E-state index contributed by atoms with van der Waals surface area (Å²) in [6.45, 7) is 15.7. The van der Waals surface area contributed by atoms with Crippen LogP contribution in [0.15, 0.2) is 109 Å². The number of halogens is 2. The lowest BCUT2D eigenvalue weighted by atomic mass is 9.83. The van der Waals surface area contributed by atoms with Crippen LogP contribution in [-0.2, 0) is 56.6 Å². The number of nitrogens with one attached hydrogen (secondary N) is 4. The molecule has 3 unspecified atom stereocenters. The van der Waals surface area contributed by atoms with Crippen molar-refractivity contribution in [2.75, 3.05) is 93.6 Å². The number of benzene rings is 5. The third-order valence-corrected chi connectivity index (χ3v) is 18.4. The van der Waals surface area contributed by atoms with Crippen LogP contribution in [0, 0.1) is 17.6 Å². The number of hydrogen-bond donors (Lipinski definition) is 5. The number of piperazine rings is 1. The van der Waals surface area contributed by atoms with Crippen molar-refractivity contribution in [3.05, 3.63) is 154 Å². The summed E-state index contributed by atoms with van der Waals surface area (Å²) < 4.78 is 46.5. The van der Waals surface area contributed by atoms with Gasteiger partial charge in [0.05, 0.1) is 30.9 Å². The topological polar surface area (TPSA) is 252 Å². The van der Waals surface area contributed by atoms with E-state index in [9.17, 15) is 47.9 Å². The fraction of sp³-hybridized carbons (Fsp3) is 0.449. The van der Waals surface area contributed by atoms with Crippen LogP contribution in [0.25, 0.3) is 0 Å². The van der Waals surface area contributed by atoms with Gasteiger partial charge in [-0.1, -0.05) is 48.5 Å². The Kier molecular flexibility index (Phi) is 20.3. The molecule has 93 heavy (non-hydrogen) atoms. The average Bonchev–Trinajstić information content (AvgIpc) is 1.61. The van der Waals surface area contributed by atoms with E-state index in [0.717, 1.165) is 22.1 Å². The molecule has 5 aromatic carbocycles. The highest BCUT2D eigenvalue weighted by Gasteiger charge is 2.49. The zero-order valence-corrected chi connectivity index (χ0v) is 53.7. The Morgan fingerprint density at radius 3 is 2.16 bits per heavy atom. The molecule has 7 atom stereocenters. The van der Waals surface area contributed by atoms with Gasteiger partial charge in [0.15, 0.2) is 0 Å². The van der Waals surface area contributed by atoms with Crippen molar-refractivity contribution in [2.24, 2.45) is 5.92 Å². The molecule has 0 aliphatic carbocycles. The van der Waals surface area contributed by atoms with E-state index in [4.69, 9.17) is 14.2 Å². The Hall–Kier alpha value is -8.84. The Bertz CT molecular complexity index is 3640. The van der Waals surface area contributed by atoms with Crippen LogP contribution in [0.1, 0.15) is 106 Å². The summed E-state index contributed by atoms with van der Waals surface area (Å²) in [6.07, 6.45) is -0.489. The maximum atomic E-state index is 15.8. The van der Waals surface area contributed by atoms with Gasteiger partial charge >= 0.3 is 12.2 Å². The molecule has 5 aliphatic rings. The minimum atomic E-state index is -1.28. The van der Waals surface area contributed by atoms with Crippen molar-refractivity contribution in [1.82, 2.24) is 29.8 Å². The molecule has 24 heteroatoms. The number of nitrogens with zero attached hydrogens (tertiary/aromatic N) is 6. The molecule has 5 N–H and O–H groups in total. The van der Waals surface area contributed by atoms with Crippen molar-refractivity contribution >= 4 is 70.4 Å². The second-order valence-corrected chi connectivity index (χ2v) is 26.2. The maximum Gasteiger partial charge on any atom is 0.410 e. The molecule has 0 bridgehead atoms.